The average molecular weight is 277 g/mol. The summed E-state index contributed by atoms with van der Waals surface area (Å²) >= 11 is 7.44. The molecule has 98 valence electrons. The topological polar surface area (TPSA) is 36.4 Å². The van der Waals surface area contributed by atoms with Gasteiger partial charge in [0.2, 0.25) is 0 Å². The molecular weight excluding hydrogens is 256 g/mol. The molecule has 1 N–H and O–H groups in total. The van der Waals surface area contributed by atoms with Gasteiger partial charge in [-0.05, 0) is 20.3 Å². The fraction of sp³-hybridized carbons (Fsp3) is 0.750. The smallest absolute Gasteiger partial charge is 0.110 e. The number of alkyl halides is 1. The number of aliphatic hydroxyl groups excluding tert-OH is 1. The van der Waals surface area contributed by atoms with Crippen molar-refractivity contribution in [1.82, 2.24) is 9.88 Å². The Morgan fingerprint density at radius 1 is 1.53 bits per heavy atom. The van der Waals surface area contributed by atoms with Crippen LogP contribution in [-0.2, 0) is 5.88 Å². The molecule has 0 saturated heterocycles. The minimum absolute atomic E-state index is 0.183. The molecule has 0 radical (unpaired) electrons. The molecule has 0 saturated carbocycles. The van der Waals surface area contributed by atoms with Crippen molar-refractivity contribution >= 4 is 22.9 Å². The van der Waals surface area contributed by atoms with E-state index in [-0.39, 0.29) is 12.6 Å². The van der Waals surface area contributed by atoms with E-state index in [1.807, 2.05) is 5.38 Å². The second-order valence-corrected chi connectivity index (χ2v) is 5.45. The van der Waals surface area contributed by atoms with Crippen LogP contribution >= 0.6 is 22.9 Å². The highest BCUT2D eigenvalue weighted by molar-refractivity contribution is 7.09. The van der Waals surface area contributed by atoms with Crippen LogP contribution in [0.3, 0.4) is 0 Å². The summed E-state index contributed by atoms with van der Waals surface area (Å²) in [7, 11) is 0. The predicted octanol–water partition coefficient (Wildman–Crippen LogP) is 3.04. The maximum absolute atomic E-state index is 9.15. The molecule has 1 atom stereocenters. The van der Waals surface area contributed by atoms with E-state index < -0.39 is 0 Å². The van der Waals surface area contributed by atoms with Crippen LogP contribution in [0.5, 0.6) is 0 Å². The van der Waals surface area contributed by atoms with Gasteiger partial charge in [0.15, 0.2) is 0 Å². The second-order valence-electron chi connectivity index (χ2n) is 4.29. The van der Waals surface area contributed by atoms with Gasteiger partial charge in [0.25, 0.3) is 0 Å². The van der Waals surface area contributed by atoms with Crippen LogP contribution in [0.15, 0.2) is 5.38 Å². The SMILES string of the molecule is CCC(c1nc(CCl)cs1)N(CCO)C(C)C. The largest absolute Gasteiger partial charge is 0.395 e. The van der Waals surface area contributed by atoms with E-state index in [2.05, 4.69) is 30.7 Å². The first-order valence-corrected chi connectivity index (χ1v) is 7.42. The Kier molecular flexibility index (Phi) is 6.41. The second kappa shape index (κ2) is 7.31. The number of nitrogens with zero attached hydrogens (tertiary/aromatic N) is 2. The molecule has 17 heavy (non-hydrogen) atoms. The Balaban J connectivity index is 2.87. The number of hydrogen-bond donors (Lipinski definition) is 1. The zero-order valence-corrected chi connectivity index (χ0v) is 12.3. The first kappa shape index (κ1) is 14.9. The molecule has 0 spiro atoms. The van der Waals surface area contributed by atoms with Crippen molar-refractivity contribution in [2.45, 2.75) is 45.2 Å². The summed E-state index contributed by atoms with van der Waals surface area (Å²) in [4.78, 5) is 6.84. The summed E-state index contributed by atoms with van der Waals surface area (Å²) in [5.41, 5.74) is 0.942. The van der Waals surface area contributed by atoms with E-state index in [0.29, 0.717) is 18.5 Å². The lowest BCUT2D eigenvalue weighted by atomic mass is 10.1. The third-order valence-corrected chi connectivity index (χ3v) is 4.07. The van der Waals surface area contributed by atoms with Gasteiger partial charge in [-0.1, -0.05) is 6.92 Å². The fourth-order valence-corrected chi connectivity index (χ4v) is 3.23. The number of aliphatic hydroxyl groups is 1. The van der Waals surface area contributed by atoms with Crippen LogP contribution in [0.2, 0.25) is 0 Å². The monoisotopic (exact) mass is 276 g/mol. The average Bonchev–Trinajstić information content (AvgIpc) is 2.77. The standard InChI is InChI=1S/C12H21ClN2OS/c1-4-11(15(5-6-16)9(2)3)12-14-10(7-13)8-17-12/h8-9,11,16H,4-7H2,1-3H3. The van der Waals surface area contributed by atoms with Crippen molar-refractivity contribution in [2.24, 2.45) is 0 Å². The van der Waals surface area contributed by atoms with Gasteiger partial charge in [-0.3, -0.25) is 4.90 Å². The van der Waals surface area contributed by atoms with Gasteiger partial charge in [0, 0.05) is 18.0 Å². The first-order valence-electron chi connectivity index (χ1n) is 6.00. The number of rotatable bonds is 7. The number of hydrogen-bond acceptors (Lipinski definition) is 4. The Morgan fingerprint density at radius 2 is 2.24 bits per heavy atom. The van der Waals surface area contributed by atoms with Crippen molar-refractivity contribution < 1.29 is 5.11 Å². The highest BCUT2D eigenvalue weighted by Crippen LogP contribution is 2.28. The van der Waals surface area contributed by atoms with Crippen molar-refractivity contribution in [2.75, 3.05) is 13.2 Å². The molecule has 1 rings (SSSR count). The lowest BCUT2D eigenvalue weighted by Gasteiger charge is -2.32. The molecule has 0 amide bonds. The van der Waals surface area contributed by atoms with E-state index in [0.717, 1.165) is 17.1 Å². The van der Waals surface area contributed by atoms with E-state index in [1.54, 1.807) is 11.3 Å². The van der Waals surface area contributed by atoms with Gasteiger partial charge in [-0.2, -0.15) is 0 Å². The number of aromatic nitrogens is 1. The summed E-state index contributed by atoms with van der Waals surface area (Å²) in [6.07, 6.45) is 0.993. The minimum atomic E-state index is 0.183. The Hall–Kier alpha value is -0.160. The molecule has 1 heterocycles. The van der Waals surface area contributed by atoms with Gasteiger partial charge in [-0.25, -0.2) is 4.98 Å². The molecular formula is C12H21ClN2OS. The van der Waals surface area contributed by atoms with Crippen LogP contribution in [0, 0.1) is 0 Å². The van der Waals surface area contributed by atoms with Gasteiger partial charge < -0.3 is 5.11 Å². The van der Waals surface area contributed by atoms with Crippen molar-refractivity contribution in [3.8, 4) is 0 Å². The normalized spacial score (nSPS) is 13.6. The summed E-state index contributed by atoms with van der Waals surface area (Å²) < 4.78 is 0. The Morgan fingerprint density at radius 3 is 2.65 bits per heavy atom. The van der Waals surface area contributed by atoms with Gasteiger partial charge >= 0.3 is 0 Å². The lowest BCUT2D eigenvalue weighted by Crippen LogP contribution is -2.36. The van der Waals surface area contributed by atoms with Gasteiger partial charge in [-0.15, -0.1) is 22.9 Å². The molecule has 1 aromatic rings. The van der Waals surface area contributed by atoms with Crippen molar-refractivity contribution in [3.05, 3.63) is 16.1 Å². The summed E-state index contributed by atoms with van der Waals surface area (Å²) in [6.45, 7) is 7.32. The molecule has 0 fully saturated rings. The van der Waals surface area contributed by atoms with Crippen LogP contribution in [0.1, 0.15) is 43.9 Å². The number of halogens is 1. The van der Waals surface area contributed by atoms with E-state index in [9.17, 15) is 0 Å². The van der Waals surface area contributed by atoms with Crippen LogP contribution in [0.25, 0.3) is 0 Å². The molecule has 1 unspecified atom stereocenters. The summed E-state index contributed by atoms with van der Waals surface area (Å²) in [5.74, 6) is 0.467. The maximum Gasteiger partial charge on any atom is 0.110 e. The van der Waals surface area contributed by atoms with E-state index in [1.165, 1.54) is 0 Å². The van der Waals surface area contributed by atoms with E-state index in [4.69, 9.17) is 16.7 Å². The molecule has 0 aliphatic heterocycles. The molecule has 0 aromatic carbocycles. The quantitative estimate of drug-likeness (QED) is 0.778. The van der Waals surface area contributed by atoms with Gasteiger partial charge in [0.05, 0.1) is 24.2 Å². The zero-order valence-electron chi connectivity index (χ0n) is 10.7. The van der Waals surface area contributed by atoms with Crippen LogP contribution in [0.4, 0.5) is 0 Å². The highest BCUT2D eigenvalue weighted by atomic mass is 35.5. The van der Waals surface area contributed by atoms with Gasteiger partial charge in [0.1, 0.15) is 5.01 Å². The summed E-state index contributed by atoms with van der Waals surface area (Å²) in [6, 6.07) is 0.680. The lowest BCUT2D eigenvalue weighted by molar-refractivity contribution is 0.114. The maximum atomic E-state index is 9.15. The third-order valence-electron chi connectivity index (χ3n) is 2.80. The van der Waals surface area contributed by atoms with E-state index >= 15 is 0 Å². The molecule has 0 aliphatic carbocycles. The first-order chi connectivity index (χ1) is 8.13. The Labute approximate surface area is 112 Å². The molecule has 1 aromatic heterocycles. The van der Waals surface area contributed by atoms with Crippen molar-refractivity contribution in [1.29, 1.82) is 0 Å². The zero-order chi connectivity index (χ0) is 12.8. The van der Waals surface area contributed by atoms with Crippen molar-refractivity contribution in [3.63, 3.8) is 0 Å². The number of thiazole rings is 1. The molecule has 0 aliphatic rings. The Bertz CT molecular complexity index is 330. The highest BCUT2D eigenvalue weighted by Gasteiger charge is 2.23. The third kappa shape index (κ3) is 3.91. The minimum Gasteiger partial charge on any atom is -0.395 e. The fourth-order valence-electron chi connectivity index (χ4n) is 1.98. The molecule has 3 nitrogen and oxygen atoms in total. The predicted molar refractivity (Wildman–Crippen MR) is 73.6 cm³/mol. The summed E-state index contributed by atoms with van der Waals surface area (Å²) in [5, 5.41) is 12.3. The van der Waals surface area contributed by atoms with Crippen LogP contribution < -0.4 is 0 Å². The molecule has 0 bridgehead atoms. The van der Waals surface area contributed by atoms with Crippen LogP contribution in [-0.4, -0.2) is 34.2 Å². The molecule has 5 heteroatoms.